The van der Waals surface area contributed by atoms with Crippen LogP contribution in [-0.2, 0) is 10.5 Å². The summed E-state index contributed by atoms with van der Waals surface area (Å²) in [6.45, 7) is 2.01. The molecule has 0 aliphatic carbocycles. The topological polar surface area (TPSA) is 80.9 Å². The van der Waals surface area contributed by atoms with Gasteiger partial charge in [-0.2, -0.15) is 0 Å². The van der Waals surface area contributed by atoms with Crippen molar-refractivity contribution in [2.45, 2.75) is 17.6 Å². The Kier molecular flexibility index (Phi) is 4.89. The van der Waals surface area contributed by atoms with Crippen LogP contribution in [0.5, 0.6) is 0 Å². The van der Waals surface area contributed by atoms with Gasteiger partial charge < -0.3 is 5.73 Å². The number of anilines is 1. The van der Waals surface area contributed by atoms with Crippen molar-refractivity contribution in [3.63, 3.8) is 0 Å². The number of carbonyl (C=O) groups is 1. The van der Waals surface area contributed by atoms with E-state index in [1.54, 1.807) is 11.8 Å². The number of nitrogens with two attached hydrogens (primary N) is 1. The van der Waals surface area contributed by atoms with Crippen molar-refractivity contribution in [2.75, 3.05) is 11.9 Å². The van der Waals surface area contributed by atoms with Gasteiger partial charge in [0.2, 0.25) is 11.0 Å². The quantitative estimate of drug-likeness (QED) is 0.825. The Morgan fingerprint density at radius 3 is 2.79 bits per heavy atom. The first-order valence-electron chi connectivity index (χ1n) is 5.69. The van der Waals surface area contributed by atoms with Crippen molar-refractivity contribution < 1.29 is 4.79 Å². The van der Waals surface area contributed by atoms with E-state index in [4.69, 9.17) is 5.73 Å². The van der Waals surface area contributed by atoms with Gasteiger partial charge in [0, 0.05) is 4.90 Å². The molecule has 0 aliphatic heterocycles. The molecule has 0 aliphatic rings. The smallest absolute Gasteiger partial charge is 0.239 e. The molecule has 7 heteroatoms. The lowest BCUT2D eigenvalue weighted by Crippen LogP contribution is -2.21. The summed E-state index contributed by atoms with van der Waals surface area (Å²) in [5, 5.41) is 11.9. The molecule has 1 heterocycles. The van der Waals surface area contributed by atoms with E-state index in [1.165, 1.54) is 21.8 Å². The summed E-state index contributed by atoms with van der Waals surface area (Å²) in [6.07, 6.45) is 0. The average molecular weight is 294 g/mol. The van der Waals surface area contributed by atoms with Crippen LogP contribution in [0.15, 0.2) is 29.2 Å². The van der Waals surface area contributed by atoms with Gasteiger partial charge in [0.15, 0.2) is 0 Å². The molecular formula is C12H14N4OS2. The highest BCUT2D eigenvalue weighted by atomic mass is 32.2. The number of hydrogen-bond donors (Lipinski definition) is 2. The van der Waals surface area contributed by atoms with Crippen LogP contribution in [0.1, 0.15) is 10.6 Å². The number of amides is 1. The van der Waals surface area contributed by atoms with E-state index in [0.29, 0.717) is 5.13 Å². The zero-order valence-electron chi connectivity index (χ0n) is 10.4. The first-order valence-corrected chi connectivity index (χ1v) is 7.49. The van der Waals surface area contributed by atoms with Gasteiger partial charge in [0.1, 0.15) is 5.01 Å². The lowest BCUT2D eigenvalue weighted by atomic mass is 10.2. The molecule has 0 unspecified atom stereocenters. The first-order chi connectivity index (χ1) is 9.17. The molecule has 0 atom stereocenters. The van der Waals surface area contributed by atoms with Crippen LogP contribution in [0.3, 0.4) is 0 Å². The minimum atomic E-state index is -0.256. The second-order valence-electron chi connectivity index (χ2n) is 3.85. The van der Waals surface area contributed by atoms with Crippen molar-refractivity contribution in [3.8, 4) is 0 Å². The molecule has 5 nitrogen and oxygen atoms in total. The second-order valence-corrected chi connectivity index (χ2v) is 5.97. The fourth-order valence-corrected chi connectivity index (χ4v) is 2.95. The van der Waals surface area contributed by atoms with E-state index in [-0.39, 0.29) is 12.5 Å². The Hall–Kier alpha value is -1.44. The molecule has 1 amide bonds. The van der Waals surface area contributed by atoms with Crippen LogP contribution in [0.2, 0.25) is 0 Å². The maximum Gasteiger partial charge on any atom is 0.239 e. The maximum absolute atomic E-state index is 11.1. The number of rotatable bonds is 5. The molecule has 100 valence electrons. The molecule has 1 aromatic heterocycles. The molecule has 1 aromatic carbocycles. The molecule has 0 radical (unpaired) electrons. The zero-order chi connectivity index (χ0) is 13.7. The number of benzene rings is 1. The first kappa shape index (κ1) is 14.0. The number of nitrogens with zero attached hydrogens (tertiary/aromatic N) is 2. The molecule has 2 rings (SSSR count). The Labute approximate surface area is 119 Å². The van der Waals surface area contributed by atoms with Gasteiger partial charge in [0.25, 0.3) is 0 Å². The van der Waals surface area contributed by atoms with E-state index in [9.17, 15) is 4.79 Å². The number of nitrogens with one attached hydrogen (secondary N) is 1. The third-order valence-electron chi connectivity index (χ3n) is 2.28. The van der Waals surface area contributed by atoms with E-state index in [2.05, 4.69) is 46.7 Å². The zero-order valence-corrected chi connectivity index (χ0v) is 12.1. The van der Waals surface area contributed by atoms with Gasteiger partial charge in [0.05, 0.1) is 12.3 Å². The molecule has 0 bridgehead atoms. The highest BCUT2D eigenvalue weighted by Crippen LogP contribution is 2.25. The monoisotopic (exact) mass is 294 g/mol. The van der Waals surface area contributed by atoms with Gasteiger partial charge >= 0.3 is 0 Å². The van der Waals surface area contributed by atoms with Gasteiger partial charge in [-0.05, 0) is 19.1 Å². The minimum absolute atomic E-state index is 0.0486. The van der Waals surface area contributed by atoms with Crippen molar-refractivity contribution in [1.29, 1.82) is 0 Å². The lowest BCUT2D eigenvalue weighted by Gasteiger charge is -1.99. The highest BCUT2D eigenvalue weighted by molar-refractivity contribution is 7.98. The summed E-state index contributed by atoms with van der Waals surface area (Å²) in [5.74, 6) is 0.480. The number of aromatic nitrogens is 2. The summed E-state index contributed by atoms with van der Waals surface area (Å²) in [6, 6.07) is 8.32. The Morgan fingerprint density at radius 2 is 2.11 bits per heavy atom. The fourth-order valence-electron chi connectivity index (χ4n) is 1.31. The Bertz CT molecular complexity index is 553. The van der Waals surface area contributed by atoms with E-state index >= 15 is 0 Å². The van der Waals surface area contributed by atoms with E-state index in [1.807, 2.05) is 0 Å². The number of thioether (sulfide) groups is 1. The summed E-state index contributed by atoms with van der Waals surface area (Å²) in [4.78, 5) is 12.3. The van der Waals surface area contributed by atoms with E-state index < -0.39 is 0 Å². The summed E-state index contributed by atoms with van der Waals surface area (Å²) >= 11 is 3.06. The van der Waals surface area contributed by atoms with Crippen molar-refractivity contribution in [1.82, 2.24) is 10.2 Å². The third kappa shape index (κ3) is 4.30. The molecule has 2 aromatic rings. The van der Waals surface area contributed by atoms with Crippen molar-refractivity contribution in [3.05, 3.63) is 34.8 Å². The Balaban J connectivity index is 1.89. The van der Waals surface area contributed by atoms with Gasteiger partial charge in [-0.1, -0.05) is 29.0 Å². The summed E-state index contributed by atoms with van der Waals surface area (Å²) in [7, 11) is 0. The second kappa shape index (κ2) is 6.65. The van der Waals surface area contributed by atoms with Crippen LogP contribution >= 0.6 is 23.1 Å². The van der Waals surface area contributed by atoms with Crippen molar-refractivity contribution in [2.24, 2.45) is 5.73 Å². The molecule has 0 saturated carbocycles. The Morgan fingerprint density at radius 1 is 1.37 bits per heavy atom. The predicted octanol–water partition coefficient (Wildman–Crippen LogP) is 2.04. The van der Waals surface area contributed by atoms with Crippen LogP contribution < -0.4 is 11.1 Å². The van der Waals surface area contributed by atoms with Crippen LogP contribution in [0.4, 0.5) is 5.13 Å². The average Bonchev–Trinajstić information content (AvgIpc) is 2.85. The lowest BCUT2D eigenvalue weighted by molar-refractivity contribution is -0.114. The van der Waals surface area contributed by atoms with Gasteiger partial charge in [-0.25, -0.2) is 0 Å². The van der Waals surface area contributed by atoms with Crippen LogP contribution in [0.25, 0.3) is 0 Å². The molecule has 3 N–H and O–H groups in total. The molecular weight excluding hydrogens is 280 g/mol. The standard InChI is InChI=1S/C12H14N4OS2/c1-8-2-4-9(5-3-8)18-7-11-15-16-12(19-11)14-10(17)6-13/h2-5H,6-7,13H2,1H3,(H,14,16,17). The molecule has 0 saturated heterocycles. The number of carbonyl (C=O) groups excluding carboxylic acids is 1. The van der Waals surface area contributed by atoms with Crippen LogP contribution in [-0.4, -0.2) is 22.6 Å². The third-order valence-corrected chi connectivity index (χ3v) is 4.33. The van der Waals surface area contributed by atoms with E-state index in [0.717, 1.165) is 10.8 Å². The molecule has 0 spiro atoms. The molecule has 19 heavy (non-hydrogen) atoms. The van der Waals surface area contributed by atoms with Gasteiger partial charge in [-0.15, -0.1) is 22.0 Å². The van der Waals surface area contributed by atoms with Crippen molar-refractivity contribution >= 4 is 34.1 Å². The largest absolute Gasteiger partial charge is 0.322 e. The molecule has 0 fully saturated rings. The predicted molar refractivity (Wildman–Crippen MR) is 78.3 cm³/mol. The number of aryl methyl sites for hydroxylation is 1. The highest BCUT2D eigenvalue weighted by Gasteiger charge is 2.07. The number of hydrogen-bond acceptors (Lipinski definition) is 6. The summed E-state index contributed by atoms with van der Waals surface area (Å²) in [5.41, 5.74) is 6.46. The fraction of sp³-hybridized carbons (Fsp3) is 0.250. The van der Waals surface area contributed by atoms with Crippen LogP contribution in [0, 0.1) is 6.92 Å². The minimum Gasteiger partial charge on any atom is -0.322 e. The maximum atomic E-state index is 11.1. The SMILES string of the molecule is Cc1ccc(SCc2nnc(NC(=O)CN)s2)cc1. The van der Waals surface area contributed by atoms with Gasteiger partial charge in [-0.3, -0.25) is 10.1 Å². The summed E-state index contributed by atoms with van der Waals surface area (Å²) < 4.78 is 0. The normalized spacial score (nSPS) is 10.4.